The Morgan fingerprint density at radius 2 is 1.72 bits per heavy atom. The Bertz CT molecular complexity index is 1620. The number of nitrogens with one attached hydrogen (secondary N) is 1. The van der Waals surface area contributed by atoms with E-state index in [0.29, 0.717) is 39.8 Å². The van der Waals surface area contributed by atoms with Crippen molar-refractivity contribution >= 4 is 22.6 Å². The number of hydrogen-bond donors (Lipinski definition) is 1. The molecule has 0 saturated heterocycles. The molecule has 3 aromatic heterocycles. The van der Waals surface area contributed by atoms with E-state index >= 15 is 0 Å². The number of anilines is 1. The predicted molar refractivity (Wildman–Crippen MR) is 130 cm³/mol. The summed E-state index contributed by atoms with van der Waals surface area (Å²) >= 11 is 0. The molecule has 0 unspecified atom stereocenters. The molecule has 5 rings (SSSR count). The molecule has 36 heavy (non-hydrogen) atoms. The molecule has 0 spiro atoms. The number of nitrogens with zero attached hydrogens (tertiary/aromatic N) is 4. The van der Waals surface area contributed by atoms with Crippen molar-refractivity contribution < 1.29 is 18.7 Å². The van der Waals surface area contributed by atoms with Crippen molar-refractivity contribution in [1.29, 1.82) is 0 Å². The van der Waals surface area contributed by atoms with Gasteiger partial charge < -0.3 is 14.8 Å². The minimum absolute atomic E-state index is 0.301. The maximum Gasteiger partial charge on any atom is 0.286 e. The summed E-state index contributed by atoms with van der Waals surface area (Å²) in [6.07, 6.45) is 4.36. The highest BCUT2D eigenvalue weighted by Crippen LogP contribution is 2.29. The molecule has 0 fully saturated rings. The number of amides is 1. The maximum atomic E-state index is 13.2. The van der Waals surface area contributed by atoms with Crippen LogP contribution >= 0.6 is 0 Å². The molecular weight excluding hydrogens is 465 g/mol. The second-order valence-corrected chi connectivity index (χ2v) is 7.54. The fraction of sp³-hybridized carbons (Fsp3) is 0.0385. The van der Waals surface area contributed by atoms with E-state index in [2.05, 4.69) is 20.3 Å². The van der Waals surface area contributed by atoms with Gasteiger partial charge in [0.25, 0.3) is 11.5 Å². The first-order valence-corrected chi connectivity index (χ1v) is 10.7. The molecule has 0 aliphatic heterocycles. The SMILES string of the molecule is COc1ccc2nccc(Oc3ccc(NC(=O)c4nccn(-c5ccc(F)cc5)c4=O)cc3)c2n1. The van der Waals surface area contributed by atoms with Gasteiger partial charge in [0.2, 0.25) is 5.88 Å². The molecule has 0 saturated carbocycles. The third-order valence-electron chi connectivity index (χ3n) is 5.23. The van der Waals surface area contributed by atoms with Gasteiger partial charge in [0, 0.05) is 42.1 Å². The lowest BCUT2D eigenvalue weighted by atomic mass is 10.2. The van der Waals surface area contributed by atoms with Gasteiger partial charge in [0.1, 0.15) is 17.1 Å². The van der Waals surface area contributed by atoms with Crippen molar-refractivity contribution in [1.82, 2.24) is 19.5 Å². The number of pyridine rings is 2. The standard InChI is InChI=1S/C26H18FN5O4/c1-35-22-11-10-20-23(31-22)21(12-13-28-20)36-19-8-4-17(5-9-19)30-25(33)24-26(34)32(15-14-29-24)18-6-2-16(27)3-7-18/h2-15H,1H3,(H,30,33). The lowest BCUT2D eigenvalue weighted by molar-refractivity contribution is 0.102. The van der Waals surface area contributed by atoms with Crippen LogP contribution in [0.5, 0.6) is 17.4 Å². The van der Waals surface area contributed by atoms with E-state index in [1.165, 1.54) is 48.3 Å². The van der Waals surface area contributed by atoms with E-state index in [1.54, 1.807) is 48.7 Å². The van der Waals surface area contributed by atoms with Crippen molar-refractivity contribution in [2.45, 2.75) is 0 Å². The van der Waals surface area contributed by atoms with Crippen LogP contribution in [0.1, 0.15) is 10.5 Å². The molecule has 0 aliphatic rings. The Hall–Kier alpha value is -5.12. The molecule has 2 aromatic carbocycles. The monoisotopic (exact) mass is 483 g/mol. The van der Waals surface area contributed by atoms with Crippen LogP contribution in [0.2, 0.25) is 0 Å². The predicted octanol–water partition coefficient (Wildman–Crippen LogP) is 4.37. The van der Waals surface area contributed by atoms with Crippen molar-refractivity contribution in [3.63, 3.8) is 0 Å². The van der Waals surface area contributed by atoms with E-state index in [4.69, 9.17) is 9.47 Å². The van der Waals surface area contributed by atoms with Crippen LogP contribution in [0.4, 0.5) is 10.1 Å². The topological polar surface area (TPSA) is 108 Å². The lowest BCUT2D eigenvalue weighted by Gasteiger charge is -2.10. The number of benzene rings is 2. The Labute approximate surface area is 203 Å². The van der Waals surface area contributed by atoms with Crippen LogP contribution in [0, 0.1) is 5.82 Å². The van der Waals surface area contributed by atoms with Crippen molar-refractivity contribution in [3.05, 3.63) is 107 Å². The third kappa shape index (κ3) is 4.60. The fourth-order valence-electron chi connectivity index (χ4n) is 3.48. The molecule has 0 aliphatic carbocycles. The van der Waals surface area contributed by atoms with Crippen LogP contribution in [0.25, 0.3) is 16.7 Å². The zero-order valence-electron chi connectivity index (χ0n) is 18.9. The number of carbonyl (C=O) groups is 1. The zero-order valence-corrected chi connectivity index (χ0v) is 18.9. The van der Waals surface area contributed by atoms with Gasteiger partial charge in [-0.1, -0.05) is 0 Å². The smallest absolute Gasteiger partial charge is 0.286 e. The molecule has 3 heterocycles. The van der Waals surface area contributed by atoms with E-state index in [-0.39, 0.29) is 5.69 Å². The lowest BCUT2D eigenvalue weighted by Crippen LogP contribution is -2.29. The number of hydrogen-bond acceptors (Lipinski definition) is 7. The Morgan fingerprint density at radius 3 is 2.47 bits per heavy atom. The van der Waals surface area contributed by atoms with E-state index in [9.17, 15) is 14.0 Å². The second-order valence-electron chi connectivity index (χ2n) is 7.54. The number of carbonyl (C=O) groups excluding carboxylic acids is 1. The molecule has 178 valence electrons. The summed E-state index contributed by atoms with van der Waals surface area (Å²) in [5.41, 5.74) is 1.11. The highest BCUT2D eigenvalue weighted by atomic mass is 19.1. The van der Waals surface area contributed by atoms with Crippen LogP contribution in [-0.4, -0.2) is 32.5 Å². The number of fused-ring (bicyclic) bond motifs is 1. The van der Waals surface area contributed by atoms with Gasteiger partial charge in [-0.3, -0.25) is 19.1 Å². The number of halogens is 1. The summed E-state index contributed by atoms with van der Waals surface area (Å²) in [5, 5.41) is 2.65. The summed E-state index contributed by atoms with van der Waals surface area (Å²) in [6, 6.07) is 17.1. The van der Waals surface area contributed by atoms with Crippen LogP contribution in [-0.2, 0) is 0 Å². The number of methoxy groups -OCH3 is 1. The first-order valence-electron chi connectivity index (χ1n) is 10.7. The number of ether oxygens (including phenoxy) is 2. The molecule has 9 nitrogen and oxygen atoms in total. The summed E-state index contributed by atoms with van der Waals surface area (Å²) in [5.74, 6) is 0.319. The first kappa shape index (κ1) is 22.7. The number of aromatic nitrogens is 4. The largest absolute Gasteiger partial charge is 0.481 e. The van der Waals surface area contributed by atoms with Gasteiger partial charge in [-0.15, -0.1) is 0 Å². The van der Waals surface area contributed by atoms with Crippen molar-refractivity contribution in [2.75, 3.05) is 12.4 Å². The average Bonchev–Trinajstić information content (AvgIpc) is 2.90. The van der Waals surface area contributed by atoms with Gasteiger partial charge in [-0.05, 0) is 54.6 Å². The van der Waals surface area contributed by atoms with E-state index < -0.39 is 17.3 Å². The van der Waals surface area contributed by atoms with Crippen molar-refractivity contribution in [3.8, 4) is 23.1 Å². The highest BCUT2D eigenvalue weighted by molar-refractivity contribution is 6.02. The minimum Gasteiger partial charge on any atom is -0.481 e. The molecule has 1 N–H and O–H groups in total. The second kappa shape index (κ2) is 9.63. The van der Waals surface area contributed by atoms with Gasteiger partial charge in [0.05, 0.1) is 12.6 Å². The van der Waals surface area contributed by atoms with Crippen LogP contribution < -0.4 is 20.3 Å². The van der Waals surface area contributed by atoms with Crippen molar-refractivity contribution in [2.24, 2.45) is 0 Å². The maximum absolute atomic E-state index is 13.2. The molecule has 10 heteroatoms. The third-order valence-corrected chi connectivity index (χ3v) is 5.23. The van der Waals surface area contributed by atoms with E-state index in [0.717, 1.165) is 0 Å². The van der Waals surface area contributed by atoms with Gasteiger partial charge in [0.15, 0.2) is 11.4 Å². The van der Waals surface area contributed by atoms with Crippen LogP contribution in [0.15, 0.2) is 90.1 Å². The highest BCUT2D eigenvalue weighted by Gasteiger charge is 2.15. The normalized spacial score (nSPS) is 10.7. The minimum atomic E-state index is -0.679. The molecule has 0 atom stereocenters. The van der Waals surface area contributed by atoms with Crippen LogP contribution in [0.3, 0.4) is 0 Å². The molecule has 5 aromatic rings. The number of rotatable bonds is 6. The quantitative estimate of drug-likeness (QED) is 0.382. The summed E-state index contributed by atoms with van der Waals surface area (Å²) in [7, 11) is 1.53. The Morgan fingerprint density at radius 1 is 0.944 bits per heavy atom. The average molecular weight is 483 g/mol. The van der Waals surface area contributed by atoms with Gasteiger partial charge in [-0.25, -0.2) is 14.4 Å². The summed E-state index contributed by atoms with van der Waals surface area (Å²) < 4.78 is 25.6. The molecule has 0 bridgehead atoms. The Balaban J connectivity index is 1.34. The van der Waals surface area contributed by atoms with E-state index in [1.807, 2.05) is 0 Å². The summed E-state index contributed by atoms with van der Waals surface area (Å²) in [6.45, 7) is 0. The Kier molecular flexibility index (Phi) is 6.06. The van der Waals surface area contributed by atoms with Gasteiger partial charge >= 0.3 is 0 Å². The zero-order chi connectivity index (χ0) is 25.1. The molecule has 1 amide bonds. The first-order chi connectivity index (χ1) is 17.5. The fourth-order valence-corrected chi connectivity index (χ4v) is 3.48. The van der Waals surface area contributed by atoms with Gasteiger partial charge in [-0.2, -0.15) is 0 Å². The summed E-state index contributed by atoms with van der Waals surface area (Å²) in [4.78, 5) is 38.2. The molecular formula is C26H18FN5O4. The molecule has 0 radical (unpaired) electrons.